The van der Waals surface area contributed by atoms with E-state index in [9.17, 15) is 4.79 Å². The molecule has 0 aromatic carbocycles. The van der Waals surface area contributed by atoms with Crippen LogP contribution in [0.4, 0.5) is 0 Å². The molecular weight excluding hydrogens is 386 g/mol. The molecule has 0 aliphatic carbocycles. The standard InChI is InChI=1S/C25H41N5O/c1-28(2)16-13-27-24(31)11-3-10-23-22-9-6-15-29-14-5-8-21(25(22)29)19-30(23)18-20-7-4-12-26-17-20/h4,7,12,17,21-23,25H,3,5-6,8-11,13-16,18-19H2,1-2H3,(H,27,31)/t21-,22+,23+,25-/m0/s1. The quantitative estimate of drug-likeness (QED) is 0.657. The minimum atomic E-state index is 0.206. The highest BCUT2D eigenvalue weighted by Crippen LogP contribution is 2.43. The van der Waals surface area contributed by atoms with Crippen molar-refractivity contribution in [3.8, 4) is 0 Å². The maximum absolute atomic E-state index is 12.3. The number of aromatic nitrogens is 1. The molecule has 3 aliphatic rings. The van der Waals surface area contributed by atoms with Crippen molar-refractivity contribution in [1.29, 1.82) is 0 Å². The molecule has 0 bridgehead atoms. The molecule has 1 N–H and O–H groups in total. The average molecular weight is 428 g/mol. The summed E-state index contributed by atoms with van der Waals surface area (Å²) in [5.74, 6) is 1.76. The molecule has 6 nitrogen and oxygen atoms in total. The maximum atomic E-state index is 12.3. The van der Waals surface area contributed by atoms with E-state index < -0.39 is 0 Å². The van der Waals surface area contributed by atoms with E-state index >= 15 is 0 Å². The van der Waals surface area contributed by atoms with Gasteiger partial charge in [-0.1, -0.05) is 6.07 Å². The molecule has 4 heterocycles. The summed E-state index contributed by atoms with van der Waals surface area (Å²) in [7, 11) is 4.08. The number of likely N-dealkylation sites (tertiary alicyclic amines) is 1. The third-order valence-corrected chi connectivity index (χ3v) is 7.67. The van der Waals surface area contributed by atoms with Crippen molar-refractivity contribution in [2.45, 2.75) is 63.6 Å². The van der Waals surface area contributed by atoms with Gasteiger partial charge >= 0.3 is 0 Å². The average Bonchev–Trinajstić information content (AvgIpc) is 2.76. The third kappa shape index (κ3) is 5.85. The number of likely N-dealkylation sites (N-methyl/N-ethyl adjacent to an activating group) is 1. The second-order valence-corrected chi connectivity index (χ2v) is 10.1. The molecule has 0 unspecified atom stereocenters. The summed E-state index contributed by atoms with van der Waals surface area (Å²) < 4.78 is 0. The van der Waals surface area contributed by atoms with E-state index in [-0.39, 0.29) is 5.91 Å². The second-order valence-electron chi connectivity index (χ2n) is 10.1. The summed E-state index contributed by atoms with van der Waals surface area (Å²) in [6, 6.07) is 5.61. The number of nitrogens with one attached hydrogen (secondary N) is 1. The fourth-order valence-corrected chi connectivity index (χ4v) is 6.37. The molecule has 0 radical (unpaired) electrons. The highest BCUT2D eigenvalue weighted by molar-refractivity contribution is 5.75. The van der Waals surface area contributed by atoms with Crippen LogP contribution >= 0.6 is 0 Å². The van der Waals surface area contributed by atoms with Crippen molar-refractivity contribution >= 4 is 5.91 Å². The fourth-order valence-electron chi connectivity index (χ4n) is 6.37. The van der Waals surface area contributed by atoms with Gasteiger partial charge in [0, 0.05) is 57.1 Å². The van der Waals surface area contributed by atoms with Gasteiger partial charge in [-0.15, -0.1) is 0 Å². The Morgan fingerprint density at radius 1 is 1.26 bits per heavy atom. The van der Waals surface area contributed by atoms with Crippen molar-refractivity contribution in [2.75, 3.05) is 46.8 Å². The van der Waals surface area contributed by atoms with Gasteiger partial charge in [0.2, 0.25) is 5.91 Å². The van der Waals surface area contributed by atoms with Gasteiger partial charge in [-0.05, 0) is 89.2 Å². The minimum Gasteiger partial charge on any atom is -0.355 e. The third-order valence-electron chi connectivity index (χ3n) is 7.67. The first kappa shape index (κ1) is 22.7. The Morgan fingerprint density at radius 2 is 2.10 bits per heavy atom. The largest absolute Gasteiger partial charge is 0.355 e. The van der Waals surface area contributed by atoms with Gasteiger partial charge in [0.05, 0.1) is 0 Å². The summed E-state index contributed by atoms with van der Waals surface area (Å²) in [6.07, 6.45) is 12.1. The number of carbonyl (C=O) groups is 1. The summed E-state index contributed by atoms with van der Waals surface area (Å²) in [5.41, 5.74) is 1.32. The van der Waals surface area contributed by atoms with Crippen LogP contribution in [-0.2, 0) is 11.3 Å². The van der Waals surface area contributed by atoms with E-state index in [0.29, 0.717) is 12.5 Å². The first-order valence-corrected chi connectivity index (χ1v) is 12.4. The number of pyridine rings is 1. The first-order valence-electron chi connectivity index (χ1n) is 12.4. The lowest BCUT2D eigenvalue weighted by atomic mass is 9.69. The SMILES string of the molecule is CN(C)CCNC(=O)CCC[C@@H]1[C@H]2CCCN3CCC[C@@H](CN1Cc1cccnc1)[C@@H]23. The van der Waals surface area contributed by atoms with Gasteiger partial charge in [0.15, 0.2) is 0 Å². The predicted molar refractivity (Wildman–Crippen MR) is 125 cm³/mol. The smallest absolute Gasteiger partial charge is 0.220 e. The zero-order valence-corrected chi connectivity index (χ0v) is 19.5. The normalized spacial score (nSPS) is 29.0. The Kier molecular flexibility index (Phi) is 7.96. The summed E-state index contributed by atoms with van der Waals surface area (Å²) >= 11 is 0. The van der Waals surface area contributed by atoms with Gasteiger partial charge in [0.25, 0.3) is 0 Å². The van der Waals surface area contributed by atoms with Gasteiger partial charge in [-0.2, -0.15) is 0 Å². The van der Waals surface area contributed by atoms with Gasteiger partial charge in [0.1, 0.15) is 0 Å². The molecule has 6 heteroatoms. The van der Waals surface area contributed by atoms with Crippen LogP contribution in [-0.4, -0.2) is 84.5 Å². The van der Waals surface area contributed by atoms with Crippen LogP contribution in [0.25, 0.3) is 0 Å². The van der Waals surface area contributed by atoms with Crippen LogP contribution in [0.2, 0.25) is 0 Å². The number of carbonyl (C=O) groups excluding carboxylic acids is 1. The fraction of sp³-hybridized carbons (Fsp3) is 0.760. The second kappa shape index (κ2) is 10.9. The zero-order valence-electron chi connectivity index (χ0n) is 19.5. The molecule has 3 saturated heterocycles. The summed E-state index contributed by atoms with van der Waals surface area (Å²) in [5, 5.41) is 3.08. The predicted octanol–water partition coefficient (Wildman–Crippen LogP) is 2.60. The Hall–Kier alpha value is -1.50. The molecular formula is C25H41N5O. The van der Waals surface area contributed by atoms with Crippen LogP contribution in [0.1, 0.15) is 50.5 Å². The Morgan fingerprint density at radius 3 is 2.87 bits per heavy atom. The van der Waals surface area contributed by atoms with Crippen LogP contribution in [0.3, 0.4) is 0 Å². The highest BCUT2D eigenvalue weighted by atomic mass is 16.1. The van der Waals surface area contributed by atoms with E-state index in [2.05, 4.69) is 37.1 Å². The molecule has 0 saturated carbocycles. The summed E-state index contributed by atoms with van der Waals surface area (Å²) in [4.78, 5) is 24.3. The Balaban J connectivity index is 1.40. The molecule has 1 aromatic heterocycles. The number of hydrogen-bond donors (Lipinski definition) is 1. The number of hydrogen-bond acceptors (Lipinski definition) is 5. The molecule has 4 atom stereocenters. The molecule has 1 amide bonds. The Labute approximate surface area is 188 Å². The lowest BCUT2D eigenvalue weighted by Crippen LogP contribution is -2.64. The van der Waals surface area contributed by atoms with E-state index in [4.69, 9.17) is 0 Å². The molecule has 4 rings (SSSR count). The van der Waals surface area contributed by atoms with E-state index in [1.807, 2.05) is 26.5 Å². The molecule has 3 fully saturated rings. The van der Waals surface area contributed by atoms with Crippen molar-refractivity contribution in [3.63, 3.8) is 0 Å². The number of nitrogens with zero attached hydrogens (tertiary/aromatic N) is 4. The monoisotopic (exact) mass is 427 g/mol. The van der Waals surface area contributed by atoms with E-state index in [1.165, 1.54) is 50.9 Å². The highest BCUT2D eigenvalue weighted by Gasteiger charge is 2.48. The lowest BCUT2D eigenvalue weighted by Gasteiger charge is -2.57. The zero-order chi connectivity index (χ0) is 21.6. The molecule has 1 aromatic rings. The number of amides is 1. The van der Waals surface area contributed by atoms with Crippen LogP contribution in [0.5, 0.6) is 0 Å². The summed E-state index contributed by atoms with van der Waals surface area (Å²) in [6.45, 7) is 6.42. The van der Waals surface area contributed by atoms with Gasteiger partial charge < -0.3 is 10.2 Å². The Bertz CT molecular complexity index is 694. The molecule has 31 heavy (non-hydrogen) atoms. The van der Waals surface area contributed by atoms with Crippen molar-refractivity contribution in [1.82, 2.24) is 25.0 Å². The van der Waals surface area contributed by atoms with Gasteiger partial charge in [-0.25, -0.2) is 0 Å². The minimum absolute atomic E-state index is 0.206. The number of piperidine rings is 3. The maximum Gasteiger partial charge on any atom is 0.220 e. The van der Waals surface area contributed by atoms with Crippen LogP contribution < -0.4 is 5.32 Å². The molecule has 172 valence electrons. The van der Waals surface area contributed by atoms with Crippen molar-refractivity contribution in [3.05, 3.63) is 30.1 Å². The van der Waals surface area contributed by atoms with Crippen LogP contribution in [0.15, 0.2) is 24.5 Å². The topological polar surface area (TPSA) is 51.7 Å². The molecule has 3 aliphatic heterocycles. The van der Waals surface area contributed by atoms with E-state index in [1.54, 1.807) is 0 Å². The van der Waals surface area contributed by atoms with Gasteiger partial charge in [-0.3, -0.25) is 19.6 Å². The number of rotatable bonds is 9. The van der Waals surface area contributed by atoms with E-state index in [0.717, 1.165) is 50.4 Å². The molecule has 0 spiro atoms. The van der Waals surface area contributed by atoms with Crippen LogP contribution in [0, 0.1) is 11.8 Å². The van der Waals surface area contributed by atoms with Crippen molar-refractivity contribution in [2.24, 2.45) is 11.8 Å². The first-order chi connectivity index (χ1) is 15.1. The lowest BCUT2D eigenvalue weighted by molar-refractivity contribution is -0.121. The van der Waals surface area contributed by atoms with Crippen molar-refractivity contribution < 1.29 is 4.79 Å².